The minimum absolute atomic E-state index is 0.0176. The van der Waals surface area contributed by atoms with E-state index in [0.29, 0.717) is 33.3 Å². The summed E-state index contributed by atoms with van der Waals surface area (Å²) in [5.41, 5.74) is 7.53. The number of methoxy groups -OCH3 is 2. The minimum Gasteiger partial charge on any atom is -0.497 e. The highest BCUT2D eigenvalue weighted by atomic mass is 35.5. The minimum atomic E-state index is -0.316. The van der Waals surface area contributed by atoms with Crippen LogP contribution in [0.25, 0.3) is 10.9 Å². The van der Waals surface area contributed by atoms with Crippen molar-refractivity contribution in [1.29, 1.82) is 0 Å². The first kappa shape index (κ1) is 27.7. The van der Waals surface area contributed by atoms with E-state index < -0.39 is 0 Å². The van der Waals surface area contributed by atoms with E-state index in [1.807, 2.05) is 73.7 Å². The average molecular weight is 566 g/mol. The lowest BCUT2D eigenvalue weighted by Crippen LogP contribution is -2.23. The number of carbonyl (C=O) groups excluding carboxylic acids is 2. The molecule has 1 amide bonds. The molecular formula is C33H28ClN3O4. The number of carbonyl (C=O) groups is 2. The fourth-order valence-corrected chi connectivity index (χ4v) is 4.88. The Labute approximate surface area is 243 Å². The first-order chi connectivity index (χ1) is 19.9. The zero-order valence-electron chi connectivity index (χ0n) is 22.9. The van der Waals surface area contributed by atoms with Crippen LogP contribution in [0.2, 0.25) is 5.02 Å². The number of amides is 1. The van der Waals surface area contributed by atoms with E-state index in [0.717, 1.165) is 27.8 Å². The lowest BCUT2D eigenvalue weighted by Gasteiger charge is -2.10. The van der Waals surface area contributed by atoms with Gasteiger partial charge in [0.2, 0.25) is 5.91 Å². The quantitative estimate of drug-likeness (QED) is 0.174. The van der Waals surface area contributed by atoms with Crippen LogP contribution in [0.1, 0.15) is 32.7 Å². The molecule has 0 bridgehead atoms. The van der Waals surface area contributed by atoms with E-state index in [9.17, 15) is 9.59 Å². The predicted octanol–water partition coefficient (Wildman–Crippen LogP) is 6.42. The second-order valence-corrected chi connectivity index (χ2v) is 9.80. The van der Waals surface area contributed by atoms with Crippen LogP contribution in [-0.4, -0.2) is 36.3 Å². The van der Waals surface area contributed by atoms with Gasteiger partial charge in [0.1, 0.15) is 11.5 Å². The van der Waals surface area contributed by atoms with Crippen LogP contribution in [0.5, 0.6) is 11.5 Å². The topological polar surface area (TPSA) is 81.9 Å². The SMILES string of the molecule is COc1ccc(/C(=N/NC(=O)Cc2c(C)n(C(=O)c3ccc(Cl)cc3)c3cc(OC)ccc23)c2ccccc2)cc1. The molecule has 0 saturated carbocycles. The van der Waals surface area contributed by atoms with Crippen LogP contribution in [-0.2, 0) is 11.2 Å². The molecule has 5 aromatic rings. The van der Waals surface area contributed by atoms with Gasteiger partial charge in [-0.05, 0) is 73.2 Å². The molecule has 41 heavy (non-hydrogen) atoms. The van der Waals surface area contributed by atoms with Crippen LogP contribution in [0.15, 0.2) is 102 Å². The monoisotopic (exact) mass is 565 g/mol. The molecule has 0 atom stereocenters. The molecule has 0 radical (unpaired) electrons. The van der Waals surface area contributed by atoms with Crippen molar-refractivity contribution in [2.24, 2.45) is 5.10 Å². The Morgan fingerprint density at radius 2 is 1.41 bits per heavy atom. The van der Waals surface area contributed by atoms with Gasteiger partial charge in [-0.2, -0.15) is 5.10 Å². The van der Waals surface area contributed by atoms with Gasteiger partial charge in [0.15, 0.2) is 0 Å². The molecule has 5 rings (SSSR count). The number of rotatable bonds is 8. The standard InChI is InChI=1S/C33H28ClN3O4/c1-21-29(28-18-17-27(41-3)19-30(28)37(21)33(39)24-9-13-25(34)14-10-24)20-31(38)35-36-32(22-7-5-4-6-8-22)23-11-15-26(40-2)16-12-23/h4-19H,20H2,1-3H3,(H,35,38)/b36-32+. The highest BCUT2D eigenvalue weighted by Crippen LogP contribution is 2.31. The molecule has 0 fully saturated rings. The molecule has 1 heterocycles. The van der Waals surface area contributed by atoms with Crippen LogP contribution >= 0.6 is 11.6 Å². The van der Waals surface area contributed by atoms with Crippen molar-refractivity contribution in [3.63, 3.8) is 0 Å². The number of hydrazone groups is 1. The third-order valence-corrected chi connectivity index (χ3v) is 7.13. The molecule has 7 nitrogen and oxygen atoms in total. The van der Waals surface area contributed by atoms with Crippen molar-refractivity contribution in [3.05, 3.63) is 130 Å². The summed E-state index contributed by atoms with van der Waals surface area (Å²) in [7, 11) is 3.18. The lowest BCUT2D eigenvalue weighted by molar-refractivity contribution is -0.120. The molecule has 0 aliphatic carbocycles. The molecule has 206 valence electrons. The third-order valence-electron chi connectivity index (χ3n) is 6.88. The summed E-state index contributed by atoms with van der Waals surface area (Å²) in [5.74, 6) is 0.784. The van der Waals surface area contributed by atoms with Crippen molar-refractivity contribution in [2.75, 3.05) is 14.2 Å². The smallest absolute Gasteiger partial charge is 0.262 e. The maximum atomic E-state index is 13.6. The summed E-state index contributed by atoms with van der Waals surface area (Å²) in [6, 6.07) is 29.3. The van der Waals surface area contributed by atoms with Gasteiger partial charge < -0.3 is 9.47 Å². The van der Waals surface area contributed by atoms with Crippen LogP contribution in [0.4, 0.5) is 0 Å². The number of halogens is 1. The Hall–Kier alpha value is -4.88. The van der Waals surface area contributed by atoms with Gasteiger partial charge in [0.05, 0.1) is 31.9 Å². The van der Waals surface area contributed by atoms with Gasteiger partial charge in [0.25, 0.3) is 5.91 Å². The van der Waals surface area contributed by atoms with E-state index in [2.05, 4.69) is 10.5 Å². The van der Waals surface area contributed by atoms with Gasteiger partial charge in [0, 0.05) is 38.9 Å². The predicted molar refractivity (Wildman–Crippen MR) is 161 cm³/mol. The number of ether oxygens (including phenoxy) is 2. The Morgan fingerprint density at radius 3 is 2.07 bits per heavy atom. The number of nitrogens with zero attached hydrogens (tertiary/aromatic N) is 2. The molecule has 0 unspecified atom stereocenters. The van der Waals surface area contributed by atoms with E-state index in [-0.39, 0.29) is 18.2 Å². The molecule has 0 saturated heterocycles. The van der Waals surface area contributed by atoms with E-state index in [1.165, 1.54) is 0 Å². The van der Waals surface area contributed by atoms with Gasteiger partial charge in [-0.1, -0.05) is 41.9 Å². The molecule has 1 aromatic heterocycles. The first-order valence-electron chi connectivity index (χ1n) is 12.9. The second kappa shape index (κ2) is 12.1. The Morgan fingerprint density at radius 1 is 0.805 bits per heavy atom. The Balaban J connectivity index is 1.49. The maximum absolute atomic E-state index is 13.6. The highest BCUT2D eigenvalue weighted by Gasteiger charge is 2.22. The van der Waals surface area contributed by atoms with E-state index >= 15 is 0 Å². The fraction of sp³-hybridized carbons (Fsp3) is 0.121. The molecule has 1 N–H and O–H groups in total. The van der Waals surface area contributed by atoms with Crippen molar-refractivity contribution in [3.8, 4) is 11.5 Å². The Bertz CT molecular complexity index is 1740. The van der Waals surface area contributed by atoms with E-state index in [1.54, 1.807) is 49.1 Å². The van der Waals surface area contributed by atoms with Gasteiger partial charge >= 0.3 is 0 Å². The third kappa shape index (κ3) is 5.85. The van der Waals surface area contributed by atoms with Gasteiger partial charge in [-0.25, -0.2) is 5.43 Å². The number of nitrogens with one attached hydrogen (secondary N) is 1. The first-order valence-corrected chi connectivity index (χ1v) is 13.3. The van der Waals surface area contributed by atoms with Crippen molar-refractivity contribution < 1.29 is 19.1 Å². The van der Waals surface area contributed by atoms with Crippen molar-refractivity contribution in [1.82, 2.24) is 9.99 Å². The fourth-order valence-electron chi connectivity index (χ4n) is 4.75. The van der Waals surface area contributed by atoms with E-state index in [4.69, 9.17) is 21.1 Å². The largest absolute Gasteiger partial charge is 0.497 e. The van der Waals surface area contributed by atoms with Crippen LogP contribution < -0.4 is 14.9 Å². The summed E-state index contributed by atoms with van der Waals surface area (Å²) >= 11 is 6.04. The molecular weight excluding hydrogens is 538 g/mol. The zero-order chi connectivity index (χ0) is 28.9. The average Bonchev–Trinajstić information content (AvgIpc) is 3.27. The number of benzene rings is 4. The summed E-state index contributed by atoms with van der Waals surface area (Å²) < 4.78 is 12.3. The number of fused-ring (bicyclic) bond motifs is 1. The molecule has 8 heteroatoms. The molecule has 0 aliphatic rings. The lowest BCUT2D eigenvalue weighted by atomic mass is 10.0. The summed E-state index contributed by atoms with van der Waals surface area (Å²) in [5, 5.41) is 5.84. The molecule has 0 spiro atoms. The van der Waals surface area contributed by atoms with Gasteiger partial charge in [-0.15, -0.1) is 0 Å². The molecule has 4 aromatic carbocycles. The van der Waals surface area contributed by atoms with Crippen molar-refractivity contribution >= 4 is 40.0 Å². The maximum Gasteiger partial charge on any atom is 0.262 e. The van der Waals surface area contributed by atoms with Crippen LogP contribution in [0, 0.1) is 6.92 Å². The summed E-state index contributed by atoms with van der Waals surface area (Å²) in [4.78, 5) is 26.9. The van der Waals surface area contributed by atoms with Crippen LogP contribution in [0.3, 0.4) is 0 Å². The van der Waals surface area contributed by atoms with Crippen molar-refractivity contribution in [2.45, 2.75) is 13.3 Å². The second-order valence-electron chi connectivity index (χ2n) is 9.36. The highest BCUT2D eigenvalue weighted by molar-refractivity contribution is 6.30. The molecule has 0 aliphatic heterocycles. The number of hydrogen-bond acceptors (Lipinski definition) is 5. The number of aromatic nitrogens is 1. The van der Waals surface area contributed by atoms with Gasteiger partial charge in [-0.3, -0.25) is 14.2 Å². The summed E-state index contributed by atoms with van der Waals surface area (Å²) in [6.45, 7) is 1.83. The normalized spacial score (nSPS) is 11.4. The summed E-state index contributed by atoms with van der Waals surface area (Å²) in [6.07, 6.45) is 0.0176. The number of hydrogen-bond donors (Lipinski definition) is 1. The Kier molecular flexibility index (Phi) is 8.17. The zero-order valence-corrected chi connectivity index (χ0v) is 23.6.